The highest BCUT2D eigenvalue weighted by Gasteiger charge is 2.22. The average molecular weight is 219 g/mol. The summed E-state index contributed by atoms with van der Waals surface area (Å²) in [5.41, 5.74) is 0.515. The summed E-state index contributed by atoms with van der Waals surface area (Å²) in [6.07, 6.45) is 3.95. The Bertz CT molecular complexity index is 392. The molecule has 1 aromatic heterocycles. The number of amides is 1. The summed E-state index contributed by atoms with van der Waals surface area (Å²) in [6.45, 7) is 5.69. The van der Waals surface area contributed by atoms with Gasteiger partial charge in [-0.1, -0.05) is 6.92 Å². The standard InChI is InChI=1S/C12H17N3O/c1-9-4-3-7-15(8-9)12(16)11-5-6-13-10(2)14-11/h5-6,9H,3-4,7-8H2,1-2H3. The zero-order valence-corrected chi connectivity index (χ0v) is 9.81. The lowest BCUT2D eigenvalue weighted by Crippen LogP contribution is -2.39. The van der Waals surface area contributed by atoms with Crippen molar-refractivity contribution in [3.8, 4) is 0 Å². The molecule has 16 heavy (non-hydrogen) atoms. The number of aromatic nitrogens is 2. The van der Waals surface area contributed by atoms with E-state index in [1.54, 1.807) is 19.2 Å². The van der Waals surface area contributed by atoms with Crippen LogP contribution in [0.15, 0.2) is 12.3 Å². The summed E-state index contributed by atoms with van der Waals surface area (Å²) in [4.78, 5) is 22.2. The van der Waals surface area contributed by atoms with Gasteiger partial charge in [-0.15, -0.1) is 0 Å². The zero-order chi connectivity index (χ0) is 11.5. The van der Waals surface area contributed by atoms with E-state index in [9.17, 15) is 4.79 Å². The van der Waals surface area contributed by atoms with Gasteiger partial charge >= 0.3 is 0 Å². The maximum Gasteiger partial charge on any atom is 0.272 e. The fourth-order valence-corrected chi connectivity index (χ4v) is 2.11. The van der Waals surface area contributed by atoms with Gasteiger partial charge in [0.25, 0.3) is 5.91 Å². The Labute approximate surface area is 95.7 Å². The average Bonchev–Trinajstić information content (AvgIpc) is 2.28. The van der Waals surface area contributed by atoms with Gasteiger partial charge in [0, 0.05) is 19.3 Å². The van der Waals surface area contributed by atoms with Gasteiger partial charge in [-0.2, -0.15) is 0 Å². The molecule has 2 rings (SSSR count). The lowest BCUT2D eigenvalue weighted by Gasteiger charge is -2.30. The Kier molecular flexibility index (Phi) is 3.17. The molecule has 4 heteroatoms. The number of carbonyl (C=O) groups excluding carboxylic acids is 1. The molecule has 0 aliphatic carbocycles. The molecular formula is C12H17N3O. The third kappa shape index (κ3) is 2.38. The molecule has 1 aliphatic rings. The highest BCUT2D eigenvalue weighted by molar-refractivity contribution is 5.92. The molecule has 0 bridgehead atoms. The molecule has 0 aromatic carbocycles. The summed E-state index contributed by atoms with van der Waals surface area (Å²) in [7, 11) is 0. The summed E-state index contributed by atoms with van der Waals surface area (Å²) < 4.78 is 0. The first-order chi connectivity index (χ1) is 7.66. The van der Waals surface area contributed by atoms with E-state index in [2.05, 4.69) is 16.9 Å². The first kappa shape index (κ1) is 11.0. The maximum absolute atomic E-state index is 12.1. The highest BCUT2D eigenvalue weighted by atomic mass is 16.2. The van der Waals surface area contributed by atoms with Crippen molar-refractivity contribution in [1.82, 2.24) is 14.9 Å². The third-order valence-corrected chi connectivity index (χ3v) is 2.94. The molecule has 1 atom stereocenters. The van der Waals surface area contributed by atoms with Gasteiger partial charge in [0.2, 0.25) is 0 Å². The molecule has 1 fully saturated rings. The minimum Gasteiger partial charge on any atom is -0.337 e. The van der Waals surface area contributed by atoms with Crippen LogP contribution in [-0.2, 0) is 0 Å². The summed E-state index contributed by atoms with van der Waals surface area (Å²) in [5, 5.41) is 0. The van der Waals surface area contributed by atoms with Gasteiger partial charge in [0.1, 0.15) is 11.5 Å². The lowest BCUT2D eigenvalue weighted by molar-refractivity contribution is 0.0676. The van der Waals surface area contributed by atoms with Crippen molar-refractivity contribution in [1.29, 1.82) is 0 Å². The van der Waals surface area contributed by atoms with Crippen LogP contribution in [0.1, 0.15) is 36.1 Å². The van der Waals surface area contributed by atoms with E-state index in [4.69, 9.17) is 0 Å². The van der Waals surface area contributed by atoms with E-state index in [-0.39, 0.29) is 5.91 Å². The molecule has 1 unspecified atom stereocenters. The van der Waals surface area contributed by atoms with E-state index >= 15 is 0 Å². The number of rotatable bonds is 1. The van der Waals surface area contributed by atoms with Crippen LogP contribution in [0.5, 0.6) is 0 Å². The highest BCUT2D eigenvalue weighted by Crippen LogP contribution is 2.17. The lowest BCUT2D eigenvalue weighted by atomic mass is 10.00. The van der Waals surface area contributed by atoms with E-state index in [1.165, 1.54) is 6.42 Å². The number of hydrogen-bond donors (Lipinski definition) is 0. The molecule has 0 N–H and O–H groups in total. The van der Waals surface area contributed by atoms with Crippen LogP contribution in [-0.4, -0.2) is 33.9 Å². The molecular weight excluding hydrogens is 202 g/mol. The summed E-state index contributed by atoms with van der Waals surface area (Å²) >= 11 is 0. The molecule has 86 valence electrons. The molecule has 0 spiro atoms. The van der Waals surface area contributed by atoms with Crippen LogP contribution >= 0.6 is 0 Å². The predicted molar refractivity (Wildman–Crippen MR) is 61.1 cm³/mol. The van der Waals surface area contributed by atoms with E-state index in [0.29, 0.717) is 17.4 Å². The molecule has 1 amide bonds. The monoisotopic (exact) mass is 219 g/mol. The minimum absolute atomic E-state index is 0.0389. The fraction of sp³-hybridized carbons (Fsp3) is 0.583. The number of piperidine rings is 1. The van der Waals surface area contributed by atoms with Gasteiger partial charge in [0.05, 0.1) is 0 Å². The summed E-state index contributed by atoms with van der Waals surface area (Å²) in [6, 6.07) is 1.69. The number of carbonyl (C=O) groups is 1. The Hall–Kier alpha value is -1.45. The number of hydrogen-bond acceptors (Lipinski definition) is 3. The van der Waals surface area contributed by atoms with Crippen molar-refractivity contribution in [3.63, 3.8) is 0 Å². The second-order valence-electron chi connectivity index (χ2n) is 4.49. The van der Waals surface area contributed by atoms with Crippen LogP contribution in [0, 0.1) is 12.8 Å². The summed E-state index contributed by atoms with van der Waals surface area (Å²) in [5.74, 6) is 1.29. The van der Waals surface area contributed by atoms with Gasteiger partial charge < -0.3 is 4.90 Å². The molecule has 1 aliphatic heterocycles. The minimum atomic E-state index is 0.0389. The Morgan fingerprint density at radius 2 is 2.38 bits per heavy atom. The predicted octanol–water partition coefficient (Wildman–Crippen LogP) is 1.66. The maximum atomic E-state index is 12.1. The van der Waals surface area contributed by atoms with E-state index in [0.717, 1.165) is 19.5 Å². The molecule has 1 aromatic rings. The van der Waals surface area contributed by atoms with E-state index < -0.39 is 0 Å². The first-order valence-electron chi connectivity index (χ1n) is 5.76. The van der Waals surface area contributed by atoms with Crippen molar-refractivity contribution < 1.29 is 4.79 Å². The van der Waals surface area contributed by atoms with Crippen molar-refractivity contribution in [2.24, 2.45) is 5.92 Å². The third-order valence-electron chi connectivity index (χ3n) is 2.94. The Morgan fingerprint density at radius 1 is 1.56 bits per heavy atom. The first-order valence-corrected chi connectivity index (χ1v) is 5.76. The van der Waals surface area contributed by atoms with Crippen LogP contribution in [0.2, 0.25) is 0 Å². The number of nitrogens with zero attached hydrogens (tertiary/aromatic N) is 3. The van der Waals surface area contributed by atoms with Crippen LogP contribution < -0.4 is 0 Å². The van der Waals surface area contributed by atoms with Crippen molar-refractivity contribution in [2.45, 2.75) is 26.7 Å². The molecule has 2 heterocycles. The van der Waals surface area contributed by atoms with Crippen molar-refractivity contribution >= 4 is 5.91 Å². The zero-order valence-electron chi connectivity index (χ0n) is 9.81. The normalized spacial score (nSPS) is 20.9. The Morgan fingerprint density at radius 3 is 3.06 bits per heavy atom. The quantitative estimate of drug-likeness (QED) is 0.721. The molecule has 4 nitrogen and oxygen atoms in total. The number of aryl methyl sites for hydroxylation is 1. The van der Waals surface area contributed by atoms with Crippen LogP contribution in [0.25, 0.3) is 0 Å². The number of likely N-dealkylation sites (tertiary alicyclic amines) is 1. The molecule has 0 radical (unpaired) electrons. The second-order valence-corrected chi connectivity index (χ2v) is 4.49. The van der Waals surface area contributed by atoms with Gasteiger partial charge in [-0.3, -0.25) is 4.79 Å². The topological polar surface area (TPSA) is 46.1 Å². The fourth-order valence-electron chi connectivity index (χ4n) is 2.11. The molecule has 1 saturated heterocycles. The van der Waals surface area contributed by atoms with Gasteiger partial charge in [-0.25, -0.2) is 9.97 Å². The van der Waals surface area contributed by atoms with Crippen molar-refractivity contribution in [2.75, 3.05) is 13.1 Å². The van der Waals surface area contributed by atoms with Crippen LogP contribution in [0.3, 0.4) is 0 Å². The Balaban J connectivity index is 2.12. The van der Waals surface area contributed by atoms with Gasteiger partial charge in [0.15, 0.2) is 0 Å². The van der Waals surface area contributed by atoms with Crippen LogP contribution in [0.4, 0.5) is 0 Å². The van der Waals surface area contributed by atoms with Crippen molar-refractivity contribution in [3.05, 3.63) is 23.8 Å². The molecule has 0 saturated carbocycles. The van der Waals surface area contributed by atoms with Gasteiger partial charge in [-0.05, 0) is 31.7 Å². The SMILES string of the molecule is Cc1nccc(C(=O)N2CCCC(C)C2)n1. The van der Waals surface area contributed by atoms with E-state index in [1.807, 2.05) is 4.90 Å². The smallest absolute Gasteiger partial charge is 0.272 e. The largest absolute Gasteiger partial charge is 0.337 e. The second kappa shape index (κ2) is 4.60.